The second-order valence-corrected chi connectivity index (χ2v) is 3.74. The molecule has 0 aliphatic heterocycles. The van der Waals surface area contributed by atoms with E-state index in [9.17, 15) is 4.79 Å². The van der Waals surface area contributed by atoms with E-state index in [4.69, 9.17) is 9.25 Å². The standard InChI is InChI=1S/C9H9NO3S/c1-12-10-5-6-2-3-8-7(4-6)13-9(11)14-8/h2-4,10H,5H2,1H3. The van der Waals surface area contributed by atoms with Crippen LogP contribution in [0.1, 0.15) is 5.56 Å². The van der Waals surface area contributed by atoms with E-state index in [1.165, 1.54) is 0 Å². The van der Waals surface area contributed by atoms with Crippen molar-refractivity contribution >= 4 is 21.6 Å². The van der Waals surface area contributed by atoms with E-state index in [0.717, 1.165) is 21.6 Å². The van der Waals surface area contributed by atoms with Crippen LogP contribution in [-0.2, 0) is 11.4 Å². The highest BCUT2D eigenvalue weighted by atomic mass is 32.1. The van der Waals surface area contributed by atoms with Crippen molar-refractivity contribution in [3.8, 4) is 0 Å². The first-order chi connectivity index (χ1) is 6.79. The molecule has 1 aromatic carbocycles. The first kappa shape index (κ1) is 9.39. The van der Waals surface area contributed by atoms with Crippen molar-refractivity contribution in [2.45, 2.75) is 6.54 Å². The molecule has 0 saturated carbocycles. The third kappa shape index (κ3) is 1.84. The van der Waals surface area contributed by atoms with E-state index in [1.807, 2.05) is 18.2 Å². The molecule has 0 atom stereocenters. The summed E-state index contributed by atoms with van der Waals surface area (Å²) in [7, 11) is 1.56. The monoisotopic (exact) mass is 211 g/mol. The van der Waals surface area contributed by atoms with Crippen LogP contribution in [0.15, 0.2) is 27.4 Å². The molecular formula is C9H9NO3S. The minimum Gasteiger partial charge on any atom is -0.414 e. The molecular weight excluding hydrogens is 202 g/mol. The van der Waals surface area contributed by atoms with Gasteiger partial charge >= 0.3 is 4.94 Å². The summed E-state index contributed by atoms with van der Waals surface area (Å²) in [6.45, 7) is 0.589. The van der Waals surface area contributed by atoms with Gasteiger partial charge in [-0.15, -0.1) is 0 Å². The molecule has 0 aliphatic rings. The molecule has 0 amide bonds. The molecule has 4 nitrogen and oxygen atoms in total. The normalized spacial score (nSPS) is 10.9. The smallest absolute Gasteiger partial charge is 0.396 e. The third-order valence-corrected chi connectivity index (χ3v) is 2.62. The Morgan fingerprint density at radius 1 is 1.57 bits per heavy atom. The Bertz CT molecular complexity index is 488. The molecule has 0 radical (unpaired) electrons. The van der Waals surface area contributed by atoms with Gasteiger partial charge in [0.25, 0.3) is 0 Å². The van der Waals surface area contributed by atoms with Crippen molar-refractivity contribution < 1.29 is 9.25 Å². The fourth-order valence-corrected chi connectivity index (χ4v) is 1.83. The quantitative estimate of drug-likeness (QED) is 0.782. The number of hydroxylamine groups is 1. The van der Waals surface area contributed by atoms with E-state index >= 15 is 0 Å². The Balaban J connectivity index is 2.35. The SMILES string of the molecule is CONCc1ccc2sc(=O)oc2c1. The molecule has 1 N–H and O–H groups in total. The van der Waals surface area contributed by atoms with Gasteiger partial charge in [0.1, 0.15) is 5.58 Å². The fourth-order valence-electron chi connectivity index (χ4n) is 1.18. The Labute approximate surface area is 84.1 Å². The summed E-state index contributed by atoms with van der Waals surface area (Å²) in [5, 5.41) is 0. The first-order valence-corrected chi connectivity index (χ1v) is 4.89. The lowest BCUT2D eigenvalue weighted by molar-refractivity contribution is 0.0867. The van der Waals surface area contributed by atoms with Crippen LogP contribution in [0.5, 0.6) is 0 Å². The Morgan fingerprint density at radius 3 is 3.21 bits per heavy atom. The van der Waals surface area contributed by atoms with Crippen molar-refractivity contribution in [1.82, 2.24) is 5.48 Å². The predicted molar refractivity (Wildman–Crippen MR) is 54.2 cm³/mol. The fraction of sp³-hybridized carbons (Fsp3) is 0.222. The molecule has 0 spiro atoms. The molecule has 14 heavy (non-hydrogen) atoms. The molecule has 0 bridgehead atoms. The van der Waals surface area contributed by atoms with Gasteiger partial charge in [0.2, 0.25) is 0 Å². The molecule has 2 rings (SSSR count). The van der Waals surface area contributed by atoms with Gasteiger partial charge in [-0.1, -0.05) is 17.4 Å². The lowest BCUT2D eigenvalue weighted by atomic mass is 10.2. The van der Waals surface area contributed by atoms with Crippen LogP contribution < -0.4 is 10.4 Å². The van der Waals surface area contributed by atoms with Crippen LogP contribution in [0, 0.1) is 0 Å². The second-order valence-electron chi connectivity index (χ2n) is 2.76. The number of hydrogen-bond donors (Lipinski definition) is 1. The molecule has 0 saturated heterocycles. The summed E-state index contributed by atoms with van der Waals surface area (Å²) in [6, 6.07) is 5.64. The lowest BCUT2D eigenvalue weighted by Gasteiger charge is -2.00. The summed E-state index contributed by atoms with van der Waals surface area (Å²) < 4.78 is 5.85. The van der Waals surface area contributed by atoms with E-state index in [0.29, 0.717) is 12.1 Å². The average molecular weight is 211 g/mol. The van der Waals surface area contributed by atoms with Crippen molar-refractivity contribution in [3.05, 3.63) is 33.5 Å². The highest BCUT2D eigenvalue weighted by Crippen LogP contribution is 2.18. The van der Waals surface area contributed by atoms with E-state index in [2.05, 4.69) is 5.48 Å². The van der Waals surface area contributed by atoms with Gasteiger partial charge in [0, 0.05) is 6.54 Å². The maximum Gasteiger partial charge on any atom is 0.396 e. The van der Waals surface area contributed by atoms with Gasteiger partial charge in [0.05, 0.1) is 11.8 Å². The van der Waals surface area contributed by atoms with Crippen LogP contribution in [0.3, 0.4) is 0 Å². The Kier molecular flexibility index (Phi) is 2.62. The molecule has 0 aliphatic carbocycles. The van der Waals surface area contributed by atoms with Crippen molar-refractivity contribution in [2.75, 3.05) is 7.11 Å². The Morgan fingerprint density at radius 2 is 2.43 bits per heavy atom. The van der Waals surface area contributed by atoms with Crippen LogP contribution in [-0.4, -0.2) is 7.11 Å². The van der Waals surface area contributed by atoms with Crippen LogP contribution >= 0.6 is 11.3 Å². The number of rotatable bonds is 3. The van der Waals surface area contributed by atoms with Crippen molar-refractivity contribution in [3.63, 3.8) is 0 Å². The molecule has 1 aromatic heterocycles. The van der Waals surface area contributed by atoms with Gasteiger partial charge in [-0.3, -0.25) is 0 Å². The zero-order valence-electron chi connectivity index (χ0n) is 7.57. The largest absolute Gasteiger partial charge is 0.414 e. The van der Waals surface area contributed by atoms with E-state index in [1.54, 1.807) is 7.11 Å². The zero-order chi connectivity index (χ0) is 9.97. The van der Waals surface area contributed by atoms with E-state index in [-0.39, 0.29) is 4.94 Å². The number of benzene rings is 1. The molecule has 0 fully saturated rings. The van der Waals surface area contributed by atoms with Gasteiger partial charge < -0.3 is 9.25 Å². The Hall–Kier alpha value is -1.17. The molecule has 2 aromatic rings. The summed E-state index contributed by atoms with van der Waals surface area (Å²) in [4.78, 5) is 15.4. The van der Waals surface area contributed by atoms with Crippen LogP contribution in [0.2, 0.25) is 0 Å². The summed E-state index contributed by atoms with van der Waals surface area (Å²) >= 11 is 1.11. The summed E-state index contributed by atoms with van der Waals surface area (Å²) in [5.41, 5.74) is 4.37. The number of fused-ring (bicyclic) bond motifs is 1. The highest BCUT2D eigenvalue weighted by molar-refractivity contribution is 7.16. The topological polar surface area (TPSA) is 51.5 Å². The highest BCUT2D eigenvalue weighted by Gasteiger charge is 2.02. The van der Waals surface area contributed by atoms with Crippen molar-refractivity contribution in [1.29, 1.82) is 0 Å². The van der Waals surface area contributed by atoms with Crippen LogP contribution in [0.4, 0.5) is 0 Å². The van der Waals surface area contributed by atoms with Crippen LogP contribution in [0.25, 0.3) is 10.3 Å². The van der Waals surface area contributed by atoms with Gasteiger partial charge in [0.15, 0.2) is 0 Å². The molecule has 74 valence electrons. The average Bonchev–Trinajstić information content (AvgIpc) is 2.54. The maximum absolute atomic E-state index is 10.9. The summed E-state index contributed by atoms with van der Waals surface area (Å²) in [6.07, 6.45) is 0. The predicted octanol–water partition coefficient (Wildman–Crippen LogP) is 1.51. The minimum absolute atomic E-state index is 0.267. The van der Waals surface area contributed by atoms with E-state index < -0.39 is 0 Å². The second kappa shape index (κ2) is 3.91. The third-order valence-electron chi connectivity index (χ3n) is 1.82. The van der Waals surface area contributed by atoms with Crippen molar-refractivity contribution in [2.24, 2.45) is 0 Å². The lowest BCUT2D eigenvalue weighted by Crippen LogP contribution is -2.10. The number of hydrogen-bond acceptors (Lipinski definition) is 5. The van der Waals surface area contributed by atoms with Gasteiger partial charge in [-0.2, -0.15) is 5.48 Å². The number of nitrogens with one attached hydrogen (secondary N) is 1. The molecule has 1 heterocycles. The first-order valence-electron chi connectivity index (χ1n) is 4.08. The van der Waals surface area contributed by atoms with Gasteiger partial charge in [-0.25, -0.2) is 4.79 Å². The maximum atomic E-state index is 10.9. The van der Waals surface area contributed by atoms with Gasteiger partial charge in [-0.05, 0) is 17.7 Å². The minimum atomic E-state index is -0.267. The molecule has 0 unspecified atom stereocenters. The zero-order valence-corrected chi connectivity index (χ0v) is 8.39. The summed E-state index contributed by atoms with van der Waals surface area (Å²) in [5.74, 6) is 0. The molecule has 5 heteroatoms.